The quantitative estimate of drug-likeness (QED) is 0.0383. The zero-order chi connectivity index (χ0) is 44.7. The van der Waals surface area contributed by atoms with E-state index >= 15 is 0 Å². The van der Waals surface area contributed by atoms with Gasteiger partial charge in [0.1, 0.15) is 34.0 Å². The molecule has 3 aromatic carbocycles. The number of nitrogens with zero attached hydrogens (tertiary/aromatic N) is 1. The normalized spacial score (nSPS) is 11.9. The van der Waals surface area contributed by atoms with Gasteiger partial charge in [-0.2, -0.15) is 39.5 Å². The highest BCUT2D eigenvalue weighted by Gasteiger charge is 2.31. The molecule has 0 saturated heterocycles. The number of hydrogen-bond acceptors (Lipinski definition) is 9. The Morgan fingerprint density at radius 1 is 0.644 bits per heavy atom. The number of aryl methyl sites for hydroxylation is 1. The fraction of sp³-hybridized carbons (Fsp3) is 0.200. The monoisotopic (exact) mass is 836 g/mol. The number of amides is 1. The highest BCUT2D eigenvalue weighted by molar-refractivity contribution is 6.04. The second kappa shape index (κ2) is 20.8. The van der Waals surface area contributed by atoms with Crippen molar-refractivity contribution in [1.82, 2.24) is 5.16 Å². The molecule has 0 aliphatic rings. The number of carbonyl (C=O) groups is 3. The number of halogens is 9. The number of anilines is 1. The first-order valence-electron chi connectivity index (χ1n) is 16.4. The first-order chi connectivity index (χ1) is 27.4. The molecule has 1 heterocycles. The number of ketones is 2. The summed E-state index contributed by atoms with van der Waals surface area (Å²) >= 11 is 0. The fourth-order valence-corrected chi connectivity index (χ4v) is 4.52. The van der Waals surface area contributed by atoms with Crippen LogP contribution in [0.15, 0.2) is 106 Å². The van der Waals surface area contributed by atoms with E-state index in [2.05, 4.69) is 22.3 Å². The number of aliphatic hydroxyl groups is 2. The van der Waals surface area contributed by atoms with Crippen LogP contribution >= 0.6 is 0 Å². The number of aromatic nitrogens is 1. The summed E-state index contributed by atoms with van der Waals surface area (Å²) < 4.78 is 116. The minimum atomic E-state index is -4.41. The number of aliphatic hydroxyl groups excluding tert-OH is 2. The first-order valence-corrected chi connectivity index (χ1v) is 16.4. The Bertz CT molecular complexity index is 2180. The van der Waals surface area contributed by atoms with E-state index in [9.17, 15) is 64.1 Å². The predicted octanol–water partition coefficient (Wildman–Crippen LogP) is 8.39. The van der Waals surface area contributed by atoms with E-state index in [1.165, 1.54) is 56.4 Å². The van der Waals surface area contributed by atoms with Crippen molar-refractivity contribution in [3.63, 3.8) is 0 Å². The molecular weight excluding hydrogens is 803 g/mol. The van der Waals surface area contributed by atoms with E-state index in [-0.39, 0.29) is 46.8 Å². The second-order valence-electron chi connectivity index (χ2n) is 11.9. The van der Waals surface area contributed by atoms with Gasteiger partial charge in [0.15, 0.2) is 11.6 Å². The van der Waals surface area contributed by atoms with Gasteiger partial charge in [-0.1, -0.05) is 29.4 Å². The zero-order valence-corrected chi connectivity index (χ0v) is 31.0. The predicted molar refractivity (Wildman–Crippen MR) is 196 cm³/mol. The van der Waals surface area contributed by atoms with Gasteiger partial charge in [0.05, 0.1) is 22.9 Å². The van der Waals surface area contributed by atoms with Crippen LogP contribution in [0.1, 0.15) is 57.8 Å². The zero-order valence-electron chi connectivity index (χ0n) is 31.0. The van der Waals surface area contributed by atoms with Gasteiger partial charge in [-0.05, 0) is 92.3 Å². The third kappa shape index (κ3) is 15.4. The van der Waals surface area contributed by atoms with Crippen LogP contribution in [-0.2, 0) is 41.0 Å². The summed E-state index contributed by atoms with van der Waals surface area (Å²) in [5, 5.41) is 25.4. The Hall–Kier alpha value is -7.15. The lowest BCUT2D eigenvalue weighted by atomic mass is 10.0. The fourth-order valence-electron chi connectivity index (χ4n) is 4.52. The third-order valence-corrected chi connectivity index (χ3v) is 7.45. The third-order valence-electron chi connectivity index (χ3n) is 7.45. The van der Waals surface area contributed by atoms with E-state index in [4.69, 9.17) is 16.0 Å². The average molecular weight is 837 g/mol. The van der Waals surface area contributed by atoms with E-state index in [0.29, 0.717) is 16.9 Å². The van der Waals surface area contributed by atoms with Gasteiger partial charge >= 0.3 is 18.5 Å². The Labute approximate surface area is 330 Å². The highest BCUT2D eigenvalue weighted by Crippen LogP contribution is 2.31. The average Bonchev–Trinajstić information content (AvgIpc) is 3.58. The standard InChI is InChI=1S/2C14H12F3NO2.C12H9F3N2O2/c2*1-9(19)12(6-7-18)13(20)8-10-2-4-11(5-3-10)14(15,16)17;1-7-10(6-16-19-7)11(18)17-9-4-2-8(3-5-9)12(13,14)15/h2*2-5,20H,8,18H2,1H3;2-6H,1H3,(H,17,18). The van der Waals surface area contributed by atoms with E-state index in [0.717, 1.165) is 36.4 Å². The van der Waals surface area contributed by atoms with Crippen LogP contribution < -0.4 is 16.8 Å². The molecule has 4 aromatic rings. The molecule has 4 rings (SSSR count). The molecule has 0 saturated carbocycles. The van der Waals surface area contributed by atoms with E-state index in [1.54, 1.807) is 6.92 Å². The summed E-state index contributed by atoms with van der Waals surface area (Å²) in [5.74, 6) is 2.80. The lowest BCUT2D eigenvalue weighted by Crippen LogP contribution is -2.12. The maximum atomic E-state index is 12.4. The highest BCUT2D eigenvalue weighted by atomic mass is 19.4. The number of rotatable bonds is 8. The Morgan fingerprint density at radius 2 is 0.983 bits per heavy atom. The molecule has 0 aliphatic heterocycles. The summed E-state index contributed by atoms with van der Waals surface area (Å²) in [6.07, 6.45) is -12.2. The van der Waals surface area contributed by atoms with Gasteiger partial charge in [0, 0.05) is 30.6 Å². The van der Waals surface area contributed by atoms with Gasteiger partial charge < -0.3 is 31.5 Å². The minimum Gasteiger partial charge on any atom is -0.511 e. The lowest BCUT2D eigenvalue weighted by Gasteiger charge is -2.08. The Balaban J connectivity index is 0.000000305. The summed E-state index contributed by atoms with van der Waals surface area (Å²) in [5.41, 5.74) is 8.69. The molecule has 312 valence electrons. The number of nitrogens with one attached hydrogen (secondary N) is 1. The molecule has 0 unspecified atom stereocenters. The molecule has 19 heteroatoms. The number of alkyl halides is 9. The van der Waals surface area contributed by atoms with Gasteiger partial charge in [-0.15, -0.1) is 0 Å². The number of nitrogens with two attached hydrogens (primary N) is 2. The number of hydrogen-bond donors (Lipinski definition) is 5. The Morgan fingerprint density at radius 3 is 1.25 bits per heavy atom. The summed E-state index contributed by atoms with van der Waals surface area (Å²) in [4.78, 5) is 34.2. The number of Topliss-reactive ketones (excluding diaryl/α,β-unsaturated/α-hetero) is 2. The van der Waals surface area contributed by atoms with Crippen LogP contribution in [-0.4, -0.2) is 32.8 Å². The van der Waals surface area contributed by atoms with Crippen LogP contribution in [0.3, 0.4) is 0 Å². The SMILES string of the molecule is CC(=O)C(C#CN)=C(O)Cc1ccc(C(F)(F)F)cc1.CC(=O)C(C#CN)=C(O)Cc1ccc(C(F)(F)F)cc1.Cc1oncc1C(=O)Nc1ccc(C(F)(F)F)cc1. The van der Waals surface area contributed by atoms with Crippen molar-refractivity contribution in [1.29, 1.82) is 0 Å². The molecule has 0 atom stereocenters. The van der Waals surface area contributed by atoms with Crippen molar-refractivity contribution in [3.05, 3.63) is 141 Å². The molecule has 1 aromatic heterocycles. The molecule has 0 fully saturated rings. The number of allylic oxidation sites excluding steroid dienone is 4. The molecule has 0 radical (unpaired) electrons. The molecule has 0 bridgehead atoms. The van der Waals surface area contributed by atoms with Gasteiger partial charge in [0.2, 0.25) is 0 Å². The van der Waals surface area contributed by atoms with Crippen molar-refractivity contribution < 1.29 is 68.6 Å². The van der Waals surface area contributed by atoms with E-state index < -0.39 is 52.7 Å². The van der Waals surface area contributed by atoms with E-state index in [1.807, 2.05) is 12.1 Å². The first kappa shape index (κ1) is 48.0. The maximum absolute atomic E-state index is 12.4. The van der Waals surface area contributed by atoms with Crippen molar-refractivity contribution in [2.75, 3.05) is 5.32 Å². The minimum absolute atomic E-state index is 0.0955. The van der Waals surface area contributed by atoms with Gasteiger partial charge in [-0.25, -0.2) is 0 Å². The number of carbonyl (C=O) groups excluding carboxylic acids is 3. The van der Waals surface area contributed by atoms with Gasteiger partial charge in [-0.3, -0.25) is 14.4 Å². The van der Waals surface area contributed by atoms with Crippen molar-refractivity contribution >= 4 is 23.2 Å². The molecule has 0 aliphatic carbocycles. The Kier molecular flexibility index (Phi) is 17.0. The van der Waals surface area contributed by atoms with Crippen LogP contribution in [0.25, 0.3) is 0 Å². The van der Waals surface area contributed by atoms with Crippen LogP contribution in [0.5, 0.6) is 0 Å². The second-order valence-corrected chi connectivity index (χ2v) is 11.9. The summed E-state index contributed by atoms with van der Waals surface area (Å²) in [6.45, 7) is 3.99. The maximum Gasteiger partial charge on any atom is 0.416 e. The van der Waals surface area contributed by atoms with Crippen LogP contribution in [0, 0.1) is 30.9 Å². The molecule has 7 N–H and O–H groups in total. The molecule has 1 amide bonds. The summed E-state index contributed by atoms with van der Waals surface area (Å²) in [6, 6.07) is 16.7. The molecular formula is C40H33F9N4O6. The largest absolute Gasteiger partial charge is 0.511 e. The van der Waals surface area contributed by atoms with Crippen molar-refractivity contribution in [2.45, 2.75) is 52.1 Å². The molecule has 10 nitrogen and oxygen atoms in total. The number of benzene rings is 3. The molecule has 59 heavy (non-hydrogen) atoms. The lowest BCUT2D eigenvalue weighted by molar-refractivity contribution is -0.138. The van der Waals surface area contributed by atoms with Crippen molar-refractivity contribution in [2.24, 2.45) is 11.5 Å². The topological polar surface area (TPSA) is 182 Å². The van der Waals surface area contributed by atoms with Crippen molar-refractivity contribution in [3.8, 4) is 23.9 Å². The summed E-state index contributed by atoms with van der Waals surface area (Å²) in [7, 11) is 0. The van der Waals surface area contributed by atoms with Crippen LogP contribution in [0.4, 0.5) is 45.2 Å². The molecule has 0 spiro atoms. The van der Waals surface area contributed by atoms with Gasteiger partial charge in [0.25, 0.3) is 5.91 Å². The van der Waals surface area contributed by atoms with Crippen LogP contribution in [0.2, 0.25) is 0 Å². The smallest absolute Gasteiger partial charge is 0.416 e.